The molecular formula is C83H162O17P2. The summed E-state index contributed by atoms with van der Waals surface area (Å²) in [6, 6.07) is 0. The van der Waals surface area contributed by atoms with Crippen molar-refractivity contribution in [2.45, 2.75) is 446 Å². The maximum Gasteiger partial charge on any atom is 0.472 e. The minimum absolute atomic E-state index is 0.106. The average molecular weight is 1490 g/mol. The van der Waals surface area contributed by atoms with Gasteiger partial charge in [0.2, 0.25) is 0 Å². The molecule has 0 saturated heterocycles. The van der Waals surface area contributed by atoms with Gasteiger partial charge in [-0.2, -0.15) is 0 Å². The summed E-state index contributed by atoms with van der Waals surface area (Å²) in [5, 5.41) is 10.6. The second-order valence-corrected chi connectivity index (χ2v) is 34.7. The number of aliphatic hydroxyl groups excluding tert-OH is 1. The molecule has 0 saturated carbocycles. The summed E-state index contributed by atoms with van der Waals surface area (Å²) in [5.74, 6) is 0.962. The smallest absolute Gasteiger partial charge is 0.462 e. The molecule has 0 aromatic rings. The summed E-state index contributed by atoms with van der Waals surface area (Å²) >= 11 is 0. The van der Waals surface area contributed by atoms with E-state index >= 15 is 0 Å². The van der Waals surface area contributed by atoms with Crippen LogP contribution in [0.25, 0.3) is 0 Å². The minimum Gasteiger partial charge on any atom is -0.462 e. The molecule has 5 atom stereocenters. The molecule has 0 fully saturated rings. The molecule has 0 aromatic carbocycles. The highest BCUT2D eigenvalue weighted by atomic mass is 31.2. The number of ether oxygens (including phenoxy) is 4. The Morgan fingerprint density at radius 3 is 0.608 bits per heavy atom. The Morgan fingerprint density at radius 1 is 0.245 bits per heavy atom. The Bertz CT molecular complexity index is 1990. The van der Waals surface area contributed by atoms with E-state index in [1.165, 1.54) is 225 Å². The summed E-state index contributed by atoms with van der Waals surface area (Å²) < 4.78 is 68.7. The van der Waals surface area contributed by atoms with Crippen LogP contribution in [-0.2, 0) is 65.4 Å². The van der Waals surface area contributed by atoms with Gasteiger partial charge in [0.1, 0.15) is 19.3 Å². The minimum atomic E-state index is -4.96. The Kier molecular flexibility index (Phi) is 70.6. The monoisotopic (exact) mass is 1490 g/mol. The lowest BCUT2D eigenvalue weighted by Gasteiger charge is -2.21. The fraction of sp³-hybridized carbons (Fsp3) is 0.952. The Balaban J connectivity index is 5.22. The molecule has 0 radical (unpaired) electrons. The van der Waals surface area contributed by atoms with Crippen LogP contribution in [0.3, 0.4) is 0 Å². The average Bonchev–Trinajstić information content (AvgIpc) is 0.906. The van der Waals surface area contributed by atoms with Gasteiger partial charge >= 0.3 is 39.5 Å². The Hall–Kier alpha value is -1.94. The van der Waals surface area contributed by atoms with E-state index < -0.39 is 97.5 Å². The van der Waals surface area contributed by atoms with Crippen molar-refractivity contribution in [1.82, 2.24) is 0 Å². The van der Waals surface area contributed by atoms with Gasteiger partial charge in [0.25, 0.3) is 0 Å². The van der Waals surface area contributed by atoms with Gasteiger partial charge in [-0.3, -0.25) is 37.3 Å². The zero-order valence-electron chi connectivity index (χ0n) is 67.2. The molecule has 0 amide bonds. The maximum absolute atomic E-state index is 13.1. The maximum atomic E-state index is 13.1. The van der Waals surface area contributed by atoms with E-state index in [-0.39, 0.29) is 25.7 Å². The second-order valence-electron chi connectivity index (χ2n) is 31.8. The summed E-state index contributed by atoms with van der Waals surface area (Å²) in [4.78, 5) is 73.0. The highest BCUT2D eigenvalue weighted by Crippen LogP contribution is 2.45. The van der Waals surface area contributed by atoms with Crippen molar-refractivity contribution in [2.24, 2.45) is 23.7 Å². The third-order valence-electron chi connectivity index (χ3n) is 19.3. The first-order valence-corrected chi connectivity index (χ1v) is 45.7. The first-order chi connectivity index (χ1) is 49.1. The fourth-order valence-corrected chi connectivity index (χ4v) is 14.4. The van der Waals surface area contributed by atoms with Crippen LogP contribution in [0.5, 0.6) is 0 Å². The van der Waals surface area contributed by atoms with Crippen molar-refractivity contribution in [1.29, 1.82) is 0 Å². The molecule has 3 N–H and O–H groups in total. The number of carbonyl (C=O) groups is 4. The van der Waals surface area contributed by atoms with Crippen LogP contribution in [0.15, 0.2) is 0 Å². The van der Waals surface area contributed by atoms with Crippen molar-refractivity contribution < 1.29 is 80.2 Å². The zero-order valence-corrected chi connectivity index (χ0v) is 69.0. The molecule has 0 heterocycles. The Labute approximate surface area is 626 Å². The first kappa shape index (κ1) is 100. The van der Waals surface area contributed by atoms with Crippen molar-refractivity contribution >= 4 is 39.5 Å². The molecule has 606 valence electrons. The number of hydrogen-bond acceptors (Lipinski definition) is 15. The van der Waals surface area contributed by atoms with E-state index in [0.717, 1.165) is 114 Å². The number of unbranched alkanes of at least 4 members (excludes halogenated alkanes) is 46. The van der Waals surface area contributed by atoms with E-state index in [0.29, 0.717) is 31.6 Å². The molecule has 17 nitrogen and oxygen atoms in total. The molecule has 19 heteroatoms. The number of esters is 4. The lowest BCUT2D eigenvalue weighted by atomic mass is 10.0. The summed E-state index contributed by atoms with van der Waals surface area (Å²) in [7, 11) is -9.92. The summed E-state index contributed by atoms with van der Waals surface area (Å²) in [5.41, 5.74) is 0. The zero-order chi connectivity index (χ0) is 75.3. The standard InChI is InChI=1S/C83H162O17P2/c1-73(2)59-51-43-35-29-23-17-13-11-9-10-12-14-20-27-33-39-49-57-65-82(87)99-78(69-93-80(85)63-55-47-38-32-26-19-16-15-18-24-30-36-44-52-60-74(3)4)71-97-101(89,90)95-67-77(84)68-96-102(91,92)98-72-79(70-94-81(86)64-56-48-42-41-46-54-62-76(7)8)100-83(88)66-58-50-40-34-28-22-21-25-31-37-45-53-61-75(5)6/h73-79,84H,9-72H2,1-8H3,(H,89,90)(H,91,92)/t77-,78-,79-/m1/s1. The van der Waals surface area contributed by atoms with Gasteiger partial charge in [0.15, 0.2) is 12.2 Å². The van der Waals surface area contributed by atoms with Crippen LogP contribution in [0, 0.1) is 23.7 Å². The number of carbonyl (C=O) groups excluding carboxylic acids is 4. The third-order valence-corrected chi connectivity index (χ3v) is 21.2. The molecule has 0 bridgehead atoms. The lowest BCUT2D eigenvalue weighted by molar-refractivity contribution is -0.161. The number of phosphoric ester groups is 2. The van der Waals surface area contributed by atoms with Gasteiger partial charge in [-0.15, -0.1) is 0 Å². The van der Waals surface area contributed by atoms with Crippen molar-refractivity contribution in [2.75, 3.05) is 39.6 Å². The van der Waals surface area contributed by atoms with E-state index in [9.17, 15) is 43.2 Å². The van der Waals surface area contributed by atoms with Gasteiger partial charge in [0, 0.05) is 25.7 Å². The van der Waals surface area contributed by atoms with Crippen LogP contribution in [0.2, 0.25) is 0 Å². The molecule has 0 spiro atoms. The third kappa shape index (κ3) is 76.3. The largest absolute Gasteiger partial charge is 0.472 e. The second kappa shape index (κ2) is 72.0. The van der Waals surface area contributed by atoms with Crippen LogP contribution in [0.4, 0.5) is 0 Å². The van der Waals surface area contributed by atoms with Crippen molar-refractivity contribution in [3.8, 4) is 0 Å². The summed E-state index contributed by atoms with van der Waals surface area (Å²) in [6.07, 6.45) is 59.9. The van der Waals surface area contributed by atoms with E-state index in [1.54, 1.807) is 0 Å². The van der Waals surface area contributed by atoms with Crippen LogP contribution in [-0.4, -0.2) is 96.7 Å². The first-order valence-electron chi connectivity index (χ1n) is 42.7. The van der Waals surface area contributed by atoms with Gasteiger partial charge < -0.3 is 33.8 Å². The quantitative estimate of drug-likeness (QED) is 0.0222. The molecule has 0 aliphatic rings. The molecule has 0 rings (SSSR count). The molecular weight excluding hydrogens is 1330 g/mol. The normalized spacial score (nSPS) is 14.0. The predicted octanol–water partition coefficient (Wildman–Crippen LogP) is 24.8. The number of rotatable bonds is 80. The topological polar surface area (TPSA) is 237 Å². The molecule has 2 unspecified atom stereocenters. The van der Waals surface area contributed by atoms with E-state index in [4.69, 9.17) is 37.0 Å². The number of hydrogen-bond donors (Lipinski definition) is 3. The highest BCUT2D eigenvalue weighted by Gasteiger charge is 2.30. The highest BCUT2D eigenvalue weighted by molar-refractivity contribution is 7.47. The summed E-state index contributed by atoms with van der Waals surface area (Å²) in [6.45, 7) is 14.2. The van der Waals surface area contributed by atoms with Gasteiger partial charge in [0.05, 0.1) is 26.4 Å². The molecule has 102 heavy (non-hydrogen) atoms. The number of phosphoric acid groups is 2. The number of aliphatic hydroxyl groups is 1. The Morgan fingerprint density at radius 2 is 0.412 bits per heavy atom. The predicted molar refractivity (Wildman–Crippen MR) is 418 cm³/mol. The van der Waals surface area contributed by atoms with Crippen LogP contribution in [0.1, 0.15) is 428 Å². The van der Waals surface area contributed by atoms with E-state index in [1.807, 2.05) is 0 Å². The lowest BCUT2D eigenvalue weighted by Crippen LogP contribution is -2.30. The van der Waals surface area contributed by atoms with Crippen molar-refractivity contribution in [3.05, 3.63) is 0 Å². The SMILES string of the molecule is CC(C)CCCCCCCCCCCCCCCCCCCCC(=O)O[C@H](COC(=O)CCCCCCCCCCCCCCCCC(C)C)COP(=O)(O)OC[C@@H](O)COP(=O)(O)OC[C@@H](COC(=O)CCCCCCCCC(C)C)OC(=O)CCCCCCCCCCCCCCC(C)C. The van der Waals surface area contributed by atoms with Crippen LogP contribution >= 0.6 is 15.6 Å². The van der Waals surface area contributed by atoms with E-state index in [2.05, 4.69) is 55.4 Å². The van der Waals surface area contributed by atoms with Gasteiger partial charge in [-0.05, 0) is 49.4 Å². The molecule has 0 aliphatic carbocycles. The van der Waals surface area contributed by atoms with Gasteiger partial charge in [-0.1, -0.05) is 376 Å². The van der Waals surface area contributed by atoms with Crippen LogP contribution < -0.4 is 0 Å². The molecule has 0 aliphatic heterocycles. The van der Waals surface area contributed by atoms with Crippen molar-refractivity contribution in [3.63, 3.8) is 0 Å². The fourth-order valence-electron chi connectivity index (χ4n) is 12.8. The van der Waals surface area contributed by atoms with Gasteiger partial charge in [-0.25, -0.2) is 9.13 Å². The molecule has 0 aromatic heterocycles.